The molecule has 0 radical (unpaired) electrons. The number of benzene rings is 2. The van der Waals surface area contributed by atoms with Gasteiger partial charge in [-0.3, -0.25) is 9.69 Å². The van der Waals surface area contributed by atoms with E-state index in [1.54, 1.807) is 7.11 Å². The third kappa shape index (κ3) is 5.94. The molecule has 0 unspecified atom stereocenters. The van der Waals surface area contributed by atoms with Gasteiger partial charge in [0.25, 0.3) is 5.56 Å². The Morgan fingerprint density at radius 3 is 2.74 bits per heavy atom. The molecule has 8 heteroatoms. The fourth-order valence-electron chi connectivity index (χ4n) is 4.16. The van der Waals surface area contributed by atoms with Crippen molar-refractivity contribution in [2.75, 3.05) is 51.8 Å². The van der Waals surface area contributed by atoms with E-state index in [4.69, 9.17) is 21.7 Å². The molecule has 0 saturated carbocycles. The molecule has 0 atom stereocenters. The van der Waals surface area contributed by atoms with E-state index >= 15 is 0 Å². The molecule has 2 N–H and O–H groups in total. The maximum absolute atomic E-state index is 12.9. The number of fused-ring (bicyclic) bond motifs is 1. The molecule has 3 aromatic rings. The topological polar surface area (TPSA) is 69.8 Å². The molecule has 180 valence electrons. The highest BCUT2D eigenvalue weighted by Gasteiger charge is 2.17. The fourth-order valence-corrected chi connectivity index (χ4v) is 4.43. The Morgan fingerprint density at radius 2 is 1.97 bits per heavy atom. The van der Waals surface area contributed by atoms with Crippen LogP contribution < -0.4 is 15.6 Å². The number of ether oxygens (including phenoxy) is 2. The number of hydrogen-bond donors (Lipinski definition) is 2. The molecule has 4 rings (SSSR count). The van der Waals surface area contributed by atoms with Crippen molar-refractivity contribution in [1.29, 1.82) is 0 Å². The average molecular weight is 481 g/mol. The van der Waals surface area contributed by atoms with Crippen LogP contribution in [-0.2, 0) is 17.7 Å². The second kappa shape index (κ2) is 11.5. The van der Waals surface area contributed by atoms with Gasteiger partial charge in [-0.25, -0.2) is 0 Å². The Morgan fingerprint density at radius 1 is 1.18 bits per heavy atom. The lowest BCUT2D eigenvalue weighted by molar-refractivity contribution is 0.0358. The van der Waals surface area contributed by atoms with Gasteiger partial charge in [-0.05, 0) is 54.5 Å². The summed E-state index contributed by atoms with van der Waals surface area (Å²) < 4.78 is 10.8. The largest absolute Gasteiger partial charge is 0.497 e. The number of thiocarbonyl (C=S) groups is 1. The zero-order valence-corrected chi connectivity index (χ0v) is 20.6. The number of H-pyrrole nitrogens is 1. The first kappa shape index (κ1) is 24.2. The van der Waals surface area contributed by atoms with Gasteiger partial charge in [0.1, 0.15) is 5.75 Å². The predicted molar refractivity (Wildman–Crippen MR) is 141 cm³/mol. The van der Waals surface area contributed by atoms with E-state index in [2.05, 4.69) is 33.1 Å². The second-order valence-electron chi connectivity index (χ2n) is 8.39. The molecule has 1 aliphatic rings. The summed E-state index contributed by atoms with van der Waals surface area (Å²) in [5.41, 5.74) is 3.55. The summed E-state index contributed by atoms with van der Waals surface area (Å²) in [5, 5.41) is 4.96. The Hall–Kier alpha value is -2.94. The molecule has 1 fully saturated rings. The van der Waals surface area contributed by atoms with Crippen LogP contribution in [0.3, 0.4) is 0 Å². The van der Waals surface area contributed by atoms with E-state index < -0.39 is 0 Å². The van der Waals surface area contributed by atoms with Gasteiger partial charge in [0.2, 0.25) is 0 Å². The fraction of sp³-hybridized carbons (Fsp3) is 0.385. The Balaban J connectivity index is 1.58. The number of morpholine rings is 1. The van der Waals surface area contributed by atoms with E-state index in [1.165, 1.54) is 5.56 Å². The van der Waals surface area contributed by atoms with E-state index in [0.29, 0.717) is 23.8 Å². The van der Waals surface area contributed by atoms with Crippen molar-refractivity contribution in [2.45, 2.75) is 19.9 Å². The molecule has 0 amide bonds. The molecule has 1 aromatic heterocycles. The number of para-hydroxylation sites is 1. The number of pyridine rings is 1. The van der Waals surface area contributed by atoms with Gasteiger partial charge >= 0.3 is 0 Å². The van der Waals surface area contributed by atoms with Crippen molar-refractivity contribution in [2.24, 2.45) is 0 Å². The molecule has 1 saturated heterocycles. The lowest BCUT2D eigenvalue weighted by Crippen LogP contribution is -2.44. The van der Waals surface area contributed by atoms with E-state index in [9.17, 15) is 4.79 Å². The van der Waals surface area contributed by atoms with E-state index in [1.807, 2.05) is 42.5 Å². The molecule has 2 heterocycles. The maximum Gasteiger partial charge on any atom is 0.253 e. The van der Waals surface area contributed by atoms with E-state index in [-0.39, 0.29) is 5.56 Å². The number of aromatic nitrogens is 1. The highest BCUT2D eigenvalue weighted by molar-refractivity contribution is 7.80. The number of nitrogens with zero attached hydrogens (tertiary/aromatic N) is 2. The van der Waals surface area contributed by atoms with Crippen molar-refractivity contribution >= 4 is 33.9 Å². The predicted octanol–water partition coefficient (Wildman–Crippen LogP) is 3.63. The molecular weight excluding hydrogens is 448 g/mol. The Labute approximate surface area is 205 Å². The number of anilines is 1. The van der Waals surface area contributed by atoms with Crippen LogP contribution in [0.25, 0.3) is 10.9 Å². The van der Waals surface area contributed by atoms with Gasteiger partial charge in [-0.1, -0.05) is 25.1 Å². The molecule has 0 aliphatic carbocycles. The minimum atomic E-state index is -0.106. The van der Waals surface area contributed by atoms with E-state index in [0.717, 1.165) is 61.6 Å². The minimum absolute atomic E-state index is 0.106. The monoisotopic (exact) mass is 480 g/mol. The SMILES string of the molecule is CCc1ccccc1NC(=S)N(CCN1CCOCC1)Cc1cc2cc(OC)ccc2[nH]c1=O. The number of hydrogen-bond acceptors (Lipinski definition) is 5. The third-order valence-electron chi connectivity index (χ3n) is 6.21. The number of aromatic amines is 1. The molecule has 0 spiro atoms. The molecule has 0 bridgehead atoms. The molecule has 1 aliphatic heterocycles. The summed E-state index contributed by atoms with van der Waals surface area (Å²) in [5.74, 6) is 0.753. The molecular formula is C26H32N4O3S. The van der Waals surface area contributed by atoms with Crippen LogP contribution in [0.1, 0.15) is 18.1 Å². The normalized spacial score (nSPS) is 14.2. The highest BCUT2D eigenvalue weighted by atomic mass is 32.1. The third-order valence-corrected chi connectivity index (χ3v) is 6.57. The summed E-state index contributed by atoms with van der Waals surface area (Å²) in [6, 6.07) is 15.8. The molecule has 34 heavy (non-hydrogen) atoms. The van der Waals surface area contributed by atoms with Crippen LogP contribution in [0.15, 0.2) is 53.3 Å². The zero-order chi connectivity index (χ0) is 23.9. The minimum Gasteiger partial charge on any atom is -0.497 e. The first-order chi connectivity index (χ1) is 16.6. The lowest BCUT2D eigenvalue weighted by Gasteiger charge is -2.31. The van der Waals surface area contributed by atoms with Gasteiger partial charge in [0.05, 0.1) is 26.9 Å². The van der Waals surface area contributed by atoms with Gasteiger partial charge in [-0.2, -0.15) is 0 Å². The molecule has 2 aromatic carbocycles. The Bertz CT molecular complexity index is 1190. The Kier molecular flexibility index (Phi) is 8.16. The summed E-state index contributed by atoms with van der Waals surface area (Å²) in [7, 11) is 1.64. The van der Waals surface area contributed by atoms with Crippen molar-refractivity contribution in [3.63, 3.8) is 0 Å². The second-order valence-corrected chi connectivity index (χ2v) is 8.78. The number of methoxy groups -OCH3 is 1. The summed E-state index contributed by atoms with van der Waals surface area (Å²) in [6.07, 6.45) is 0.908. The van der Waals surface area contributed by atoms with Crippen LogP contribution in [0.2, 0.25) is 0 Å². The van der Waals surface area contributed by atoms with Gasteiger partial charge in [-0.15, -0.1) is 0 Å². The standard InChI is InChI=1S/C26H32N4O3S/c1-3-19-6-4-5-7-23(19)28-26(34)30(11-10-29-12-14-33-15-13-29)18-21-16-20-17-22(32-2)8-9-24(20)27-25(21)31/h4-9,16-17H,3,10-15,18H2,1-2H3,(H,27,31)(H,28,34). The van der Waals surface area contributed by atoms with Crippen LogP contribution in [0.4, 0.5) is 5.69 Å². The average Bonchev–Trinajstić information content (AvgIpc) is 2.87. The van der Waals surface area contributed by atoms with Crippen LogP contribution in [0, 0.1) is 0 Å². The summed E-state index contributed by atoms with van der Waals surface area (Å²) >= 11 is 5.85. The maximum atomic E-state index is 12.9. The van der Waals surface area contributed by atoms with Crippen LogP contribution in [-0.4, -0.2) is 66.4 Å². The lowest BCUT2D eigenvalue weighted by atomic mass is 10.1. The number of rotatable bonds is 8. The number of nitrogens with one attached hydrogen (secondary N) is 2. The smallest absolute Gasteiger partial charge is 0.253 e. The number of aryl methyl sites for hydroxylation is 1. The van der Waals surface area contributed by atoms with Crippen LogP contribution >= 0.6 is 12.2 Å². The summed E-state index contributed by atoms with van der Waals surface area (Å²) in [6.45, 7) is 7.40. The summed E-state index contributed by atoms with van der Waals surface area (Å²) in [4.78, 5) is 20.4. The first-order valence-electron chi connectivity index (χ1n) is 11.7. The van der Waals surface area contributed by atoms with Gasteiger partial charge in [0.15, 0.2) is 5.11 Å². The van der Waals surface area contributed by atoms with Crippen molar-refractivity contribution < 1.29 is 9.47 Å². The van der Waals surface area contributed by atoms with Crippen LogP contribution in [0.5, 0.6) is 5.75 Å². The highest BCUT2D eigenvalue weighted by Crippen LogP contribution is 2.20. The van der Waals surface area contributed by atoms with Gasteiger partial charge < -0.3 is 24.7 Å². The first-order valence-corrected chi connectivity index (χ1v) is 12.1. The van der Waals surface area contributed by atoms with Crippen molar-refractivity contribution in [3.05, 3.63) is 70.0 Å². The van der Waals surface area contributed by atoms with Crippen molar-refractivity contribution in [3.8, 4) is 5.75 Å². The van der Waals surface area contributed by atoms with Crippen molar-refractivity contribution in [1.82, 2.24) is 14.8 Å². The van der Waals surface area contributed by atoms with Gasteiger partial charge in [0, 0.05) is 48.3 Å². The molecule has 7 nitrogen and oxygen atoms in total. The zero-order valence-electron chi connectivity index (χ0n) is 19.8. The quantitative estimate of drug-likeness (QED) is 0.477.